The van der Waals surface area contributed by atoms with E-state index in [2.05, 4.69) is 4.98 Å². The summed E-state index contributed by atoms with van der Waals surface area (Å²) in [6.45, 7) is 1.87. The third-order valence-corrected chi connectivity index (χ3v) is 7.35. The maximum atomic E-state index is 14.6. The largest absolute Gasteiger partial charge is 0.497 e. The van der Waals surface area contributed by atoms with Gasteiger partial charge in [-0.1, -0.05) is 30.3 Å². The van der Waals surface area contributed by atoms with Crippen LogP contribution in [0.1, 0.15) is 44.0 Å². The molecule has 0 saturated carbocycles. The number of ether oxygens (including phenoxy) is 1. The summed E-state index contributed by atoms with van der Waals surface area (Å²) >= 11 is 1.17. The minimum Gasteiger partial charge on any atom is -0.497 e. The van der Waals surface area contributed by atoms with Gasteiger partial charge in [-0.2, -0.15) is 0 Å². The summed E-state index contributed by atoms with van der Waals surface area (Å²) in [7, 11) is -2.15. The number of benzene rings is 2. The molecule has 0 spiro atoms. The molecular weight excluding hydrogens is 519 g/mol. The summed E-state index contributed by atoms with van der Waals surface area (Å²) in [5.74, 6) is -2.52. The summed E-state index contributed by atoms with van der Waals surface area (Å²) in [6, 6.07) is 13.5. The quantitative estimate of drug-likeness (QED) is 0.345. The second-order valence-electron chi connectivity index (χ2n) is 8.64. The number of aliphatic hydroxyl groups excluding tert-OH is 1. The predicted octanol–water partition coefficient (Wildman–Crippen LogP) is 3.52. The minimum atomic E-state index is -3.53. The molecule has 0 unspecified atom stereocenters. The maximum absolute atomic E-state index is 14.6. The Hall–Kier alpha value is -3.15. The normalized spacial score (nSPS) is 12.2. The number of halogens is 1. The first kappa shape index (κ1) is 28.4. The van der Waals surface area contributed by atoms with Crippen LogP contribution >= 0.6 is 11.3 Å². The van der Waals surface area contributed by atoms with Crippen molar-refractivity contribution < 1.29 is 32.2 Å². The summed E-state index contributed by atoms with van der Waals surface area (Å²) in [5, 5.41) is 11.2. The van der Waals surface area contributed by atoms with Gasteiger partial charge in [0.15, 0.2) is 21.7 Å². The van der Waals surface area contributed by atoms with Crippen LogP contribution < -0.4 is 4.74 Å². The highest BCUT2D eigenvalue weighted by Gasteiger charge is 2.28. The number of nitrogens with zero attached hydrogens (tertiary/aromatic N) is 2. The van der Waals surface area contributed by atoms with Crippen LogP contribution in [0.25, 0.3) is 0 Å². The Bertz CT molecular complexity index is 1360. The Morgan fingerprint density at radius 3 is 2.51 bits per heavy atom. The van der Waals surface area contributed by atoms with Gasteiger partial charge in [0, 0.05) is 29.3 Å². The molecule has 2 aromatic carbocycles. The van der Waals surface area contributed by atoms with Crippen LogP contribution in [0.2, 0.25) is 0 Å². The number of aliphatic hydroxyl groups is 1. The van der Waals surface area contributed by atoms with E-state index in [0.717, 1.165) is 17.9 Å². The van der Waals surface area contributed by atoms with Gasteiger partial charge in [-0.05, 0) is 37.5 Å². The van der Waals surface area contributed by atoms with E-state index in [-0.39, 0.29) is 30.1 Å². The Morgan fingerprint density at radius 1 is 1.19 bits per heavy atom. The maximum Gasteiger partial charge on any atom is 0.256 e. The van der Waals surface area contributed by atoms with Crippen LogP contribution in [0.4, 0.5) is 4.39 Å². The number of amides is 1. The van der Waals surface area contributed by atoms with E-state index in [4.69, 9.17) is 4.74 Å². The van der Waals surface area contributed by atoms with E-state index < -0.39 is 39.2 Å². The number of Topliss-reactive ketones (excluding diaryl/α,β-unsaturated/α-hetero) is 1. The molecule has 0 fully saturated rings. The second-order valence-corrected chi connectivity index (χ2v) is 12.1. The molecule has 8 nitrogen and oxygen atoms in total. The SMILES string of the molecule is COc1ccc([C@@H](O)C(=O)N(CCCc2ccccc2)Cc2nc(C(=O)CS(C)(=O)=O)c(C)s2)c(F)c1. The van der Waals surface area contributed by atoms with Crippen LogP contribution in [0.15, 0.2) is 48.5 Å². The fourth-order valence-corrected chi connectivity index (χ4v) is 5.38. The molecule has 1 heterocycles. The van der Waals surface area contributed by atoms with Gasteiger partial charge in [-0.15, -0.1) is 11.3 Å². The number of hydrogen-bond donors (Lipinski definition) is 1. The highest BCUT2D eigenvalue weighted by Crippen LogP contribution is 2.26. The Labute approximate surface area is 219 Å². The van der Waals surface area contributed by atoms with Crippen molar-refractivity contribution in [2.24, 2.45) is 0 Å². The monoisotopic (exact) mass is 548 g/mol. The molecule has 0 radical (unpaired) electrons. The number of thiazole rings is 1. The van der Waals surface area contributed by atoms with Gasteiger partial charge in [0.05, 0.1) is 13.7 Å². The number of ketones is 1. The summed E-state index contributed by atoms with van der Waals surface area (Å²) in [4.78, 5) is 31.9. The van der Waals surface area contributed by atoms with Crippen LogP contribution in [0.3, 0.4) is 0 Å². The predicted molar refractivity (Wildman–Crippen MR) is 139 cm³/mol. The number of methoxy groups -OCH3 is 1. The van der Waals surface area contributed by atoms with Crippen molar-refractivity contribution in [1.82, 2.24) is 9.88 Å². The first-order valence-electron chi connectivity index (χ1n) is 11.5. The number of aromatic nitrogens is 1. The van der Waals surface area contributed by atoms with Gasteiger partial charge >= 0.3 is 0 Å². The fourth-order valence-electron chi connectivity index (χ4n) is 3.80. The van der Waals surface area contributed by atoms with Crippen molar-refractivity contribution in [2.45, 2.75) is 32.4 Å². The highest BCUT2D eigenvalue weighted by atomic mass is 32.2. The molecule has 1 atom stereocenters. The highest BCUT2D eigenvalue weighted by molar-refractivity contribution is 7.91. The van der Waals surface area contributed by atoms with Crippen molar-refractivity contribution >= 4 is 32.9 Å². The number of sulfone groups is 1. The standard InChI is InChI=1S/C26H29FN2O6S2/c1-17-24(22(30)16-37(3,33)34)28-23(36-17)15-29(13-7-10-18-8-5-4-6-9-18)26(32)25(31)20-12-11-19(35-2)14-21(20)27/h4-6,8-9,11-12,14,25,31H,7,10,13,15-16H2,1-3H3/t25-/m1/s1. The molecule has 3 aromatic rings. The number of rotatable bonds is 12. The molecule has 0 saturated heterocycles. The first-order valence-corrected chi connectivity index (χ1v) is 14.4. The summed E-state index contributed by atoms with van der Waals surface area (Å²) in [6.07, 6.45) is 0.458. The van der Waals surface area contributed by atoms with Crippen molar-refractivity contribution in [3.05, 3.63) is 81.1 Å². The Balaban J connectivity index is 1.83. The van der Waals surface area contributed by atoms with Gasteiger partial charge in [-0.3, -0.25) is 9.59 Å². The van der Waals surface area contributed by atoms with Gasteiger partial charge in [0.25, 0.3) is 5.91 Å². The fraction of sp³-hybridized carbons (Fsp3) is 0.346. The van der Waals surface area contributed by atoms with Gasteiger partial charge in [0.2, 0.25) is 0 Å². The number of aryl methyl sites for hydroxylation is 2. The Kier molecular flexibility index (Phi) is 9.52. The topological polar surface area (TPSA) is 114 Å². The molecule has 0 aliphatic carbocycles. The average Bonchev–Trinajstić information content (AvgIpc) is 3.22. The molecule has 0 aliphatic rings. The van der Waals surface area contributed by atoms with Crippen molar-refractivity contribution in [2.75, 3.05) is 25.7 Å². The number of hydrogen-bond acceptors (Lipinski definition) is 8. The lowest BCUT2D eigenvalue weighted by atomic mass is 10.1. The van der Waals surface area contributed by atoms with Gasteiger partial charge in [-0.25, -0.2) is 17.8 Å². The lowest BCUT2D eigenvalue weighted by molar-refractivity contribution is -0.141. The van der Waals surface area contributed by atoms with Crippen molar-refractivity contribution in [1.29, 1.82) is 0 Å². The molecule has 1 N–H and O–H groups in total. The van der Waals surface area contributed by atoms with Gasteiger partial charge < -0.3 is 14.7 Å². The zero-order valence-corrected chi connectivity index (χ0v) is 22.4. The lowest BCUT2D eigenvalue weighted by Crippen LogP contribution is -2.36. The number of carbonyl (C=O) groups is 2. The van der Waals surface area contributed by atoms with Crippen molar-refractivity contribution in [3.63, 3.8) is 0 Å². The zero-order chi connectivity index (χ0) is 27.2. The number of carbonyl (C=O) groups excluding carboxylic acids is 2. The second kappa shape index (κ2) is 12.4. The van der Waals surface area contributed by atoms with E-state index in [1.54, 1.807) is 6.92 Å². The molecular formula is C26H29FN2O6S2. The van der Waals surface area contributed by atoms with Crippen molar-refractivity contribution in [3.8, 4) is 5.75 Å². The molecule has 3 rings (SSSR count). The molecule has 198 valence electrons. The lowest BCUT2D eigenvalue weighted by Gasteiger charge is -2.25. The minimum absolute atomic E-state index is 0.0277. The van der Waals surface area contributed by atoms with E-state index in [1.165, 1.54) is 35.5 Å². The first-order chi connectivity index (χ1) is 17.5. The average molecular weight is 549 g/mol. The van der Waals surface area contributed by atoms with E-state index in [1.807, 2.05) is 30.3 Å². The summed E-state index contributed by atoms with van der Waals surface area (Å²) in [5.41, 5.74) is 0.942. The summed E-state index contributed by atoms with van der Waals surface area (Å²) < 4.78 is 42.7. The Morgan fingerprint density at radius 2 is 1.89 bits per heavy atom. The van der Waals surface area contributed by atoms with Crippen LogP contribution in [-0.2, 0) is 27.6 Å². The molecule has 0 aliphatic heterocycles. The smallest absolute Gasteiger partial charge is 0.256 e. The molecule has 0 bridgehead atoms. The zero-order valence-electron chi connectivity index (χ0n) is 20.8. The van der Waals surface area contributed by atoms with E-state index in [0.29, 0.717) is 22.7 Å². The molecule has 1 aromatic heterocycles. The van der Waals surface area contributed by atoms with Crippen LogP contribution in [0.5, 0.6) is 5.75 Å². The van der Waals surface area contributed by atoms with Gasteiger partial charge in [0.1, 0.15) is 28.0 Å². The third-order valence-electron chi connectivity index (χ3n) is 5.61. The third kappa shape index (κ3) is 7.91. The van der Waals surface area contributed by atoms with Crippen LogP contribution in [0, 0.1) is 12.7 Å². The van der Waals surface area contributed by atoms with E-state index in [9.17, 15) is 27.5 Å². The molecule has 37 heavy (non-hydrogen) atoms. The molecule has 1 amide bonds. The van der Waals surface area contributed by atoms with Crippen LogP contribution in [-0.4, -0.2) is 60.8 Å². The molecule has 11 heteroatoms. The van der Waals surface area contributed by atoms with E-state index >= 15 is 0 Å².